The van der Waals surface area contributed by atoms with Crippen molar-refractivity contribution in [2.24, 2.45) is 0 Å². The summed E-state index contributed by atoms with van der Waals surface area (Å²) >= 11 is 1.79. The molecule has 1 fully saturated rings. The number of rotatable bonds is 4. The quantitative estimate of drug-likeness (QED) is 0.753. The van der Waals surface area contributed by atoms with Crippen LogP contribution in [0.5, 0.6) is 0 Å². The third-order valence-corrected chi connectivity index (χ3v) is 4.41. The van der Waals surface area contributed by atoms with E-state index in [0.29, 0.717) is 19.4 Å². The van der Waals surface area contributed by atoms with E-state index in [1.807, 2.05) is 6.92 Å². The van der Waals surface area contributed by atoms with Crippen LogP contribution in [0.3, 0.4) is 0 Å². The summed E-state index contributed by atoms with van der Waals surface area (Å²) < 4.78 is 4.86. The van der Waals surface area contributed by atoms with Gasteiger partial charge in [0.05, 0.1) is 12.2 Å². The van der Waals surface area contributed by atoms with Gasteiger partial charge in [0.25, 0.3) is 0 Å². The second-order valence-electron chi connectivity index (χ2n) is 4.03. The molecule has 0 aromatic carbocycles. The summed E-state index contributed by atoms with van der Waals surface area (Å²) in [5.74, 6) is 0.914. The fourth-order valence-corrected chi connectivity index (χ4v) is 3.09. The van der Waals surface area contributed by atoms with Crippen molar-refractivity contribution in [1.82, 2.24) is 0 Å². The topological polar surface area (TPSA) is 46.5 Å². The average Bonchev–Trinajstić information content (AvgIpc) is 2.21. The first-order valence-corrected chi connectivity index (χ1v) is 6.63. The van der Waals surface area contributed by atoms with Crippen LogP contribution >= 0.6 is 11.8 Å². The van der Waals surface area contributed by atoms with Crippen LogP contribution in [0.1, 0.15) is 39.5 Å². The third kappa shape index (κ3) is 3.68. The Morgan fingerprint density at radius 2 is 2.40 bits per heavy atom. The van der Waals surface area contributed by atoms with Gasteiger partial charge in [0.15, 0.2) is 0 Å². The molecule has 1 saturated heterocycles. The van der Waals surface area contributed by atoms with Crippen LogP contribution in [0.15, 0.2) is 0 Å². The smallest absolute Gasteiger partial charge is 0.305 e. The Hall–Kier alpha value is -0.220. The largest absolute Gasteiger partial charge is 0.466 e. The summed E-state index contributed by atoms with van der Waals surface area (Å²) in [6, 6.07) is 0. The number of hydrogen-bond donors (Lipinski definition) is 1. The Labute approximate surface area is 95.6 Å². The highest BCUT2D eigenvalue weighted by atomic mass is 32.2. The van der Waals surface area contributed by atoms with Crippen LogP contribution in [-0.2, 0) is 9.53 Å². The maximum atomic E-state index is 11.2. The molecule has 1 N–H and O–H groups in total. The third-order valence-electron chi connectivity index (χ3n) is 2.95. The minimum absolute atomic E-state index is 0.200. The summed E-state index contributed by atoms with van der Waals surface area (Å²) in [5.41, 5.74) is -0.671. The zero-order valence-electron chi connectivity index (χ0n) is 9.49. The molecule has 88 valence electrons. The van der Waals surface area contributed by atoms with E-state index in [2.05, 4.69) is 0 Å². The van der Waals surface area contributed by atoms with Crippen LogP contribution in [0.25, 0.3) is 0 Å². The Balaban J connectivity index is 2.37. The van der Waals surface area contributed by atoms with Crippen molar-refractivity contribution in [1.29, 1.82) is 0 Å². The molecule has 0 amide bonds. The molecule has 0 spiro atoms. The zero-order valence-corrected chi connectivity index (χ0v) is 10.3. The van der Waals surface area contributed by atoms with Crippen LogP contribution < -0.4 is 0 Å². The summed E-state index contributed by atoms with van der Waals surface area (Å²) in [6.07, 6.45) is 2.70. The molecule has 2 atom stereocenters. The molecule has 0 aromatic heterocycles. The number of hydrogen-bond acceptors (Lipinski definition) is 4. The summed E-state index contributed by atoms with van der Waals surface area (Å²) in [4.78, 5) is 11.2. The summed E-state index contributed by atoms with van der Waals surface area (Å²) in [5, 5.41) is 10.6. The molecule has 2 unspecified atom stereocenters. The maximum absolute atomic E-state index is 11.2. The molecule has 1 aliphatic heterocycles. The molecule has 15 heavy (non-hydrogen) atoms. The number of ether oxygens (including phenoxy) is 1. The molecule has 3 nitrogen and oxygen atoms in total. The summed E-state index contributed by atoms with van der Waals surface area (Å²) in [6.45, 7) is 4.25. The Morgan fingerprint density at radius 1 is 1.67 bits per heavy atom. The maximum Gasteiger partial charge on any atom is 0.305 e. The van der Waals surface area contributed by atoms with Crippen molar-refractivity contribution in [3.05, 3.63) is 0 Å². The van der Waals surface area contributed by atoms with Crippen LogP contribution in [0.4, 0.5) is 0 Å². The first-order valence-electron chi connectivity index (χ1n) is 5.58. The molecule has 0 aliphatic carbocycles. The van der Waals surface area contributed by atoms with Gasteiger partial charge in [-0.2, -0.15) is 11.8 Å². The predicted molar refractivity (Wildman–Crippen MR) is 62.0 cm³/mol. The Kier molecular flexibility index (Phi) is 4.93. The molecule has 1 aliphatic rings. The molecule has 1 heterocycles. The van der Waals surface area contributed by atoms with Gasteiger partial charge in [0.1, 0.15) is 0 Å². The van der Waals surface area contributed by atoms with Crippen LogP contribution in [0.2, 0.25) is 0 Å². The van der Waals surface area contributed by atoms with Gasteiger partial charge in [0.2, 0.25) is 0 Å². The normalized spacial score (nSPS) is 31.3. The van der Waals surface area contributed by atoms with Crippen molar-refractivity contribution in [2.75, 3.05) is 12.4 Å². The number of aliphatic hydroxyl groups is 1. The van der Waals surface area contributed by atoms with E-state index < -0.39 is 5.60 Å². The number of esters is 1. The van der Waals surface area contributed by atoms with Gasteiger partial charge < -0.3 is 9.84 Å². The van der Waals surface area contributed by atoms with Crippen molar-refractivity contribution in [3.63, 3.8) is 0 Å². The van der Waals surface area contributed by atoms with Crippen molar-refractivity contribution in [3.8, 4) is 0 Å². The Bertz CT molecular complexity index is 220. The monoisotopic (exact) mass is 232 g/mol. The number of carbonyl (C=O) groups is 1. The average molecular weight is 232 g/mol. The predicted octanol–water partition coefficient (Wildman–Crippen LogP) is 1.98. The lowest BCUT2D eigenvalue weighted by atomic mass is 9.89. The van der Waals surface area contributed by atoms with Gasteiger partial charge in [-0.05, 0) is 31.9 Å². The second kappa shape index (κ2) is 5.75. The SMILES string of the molecule is CCOC(=O)CCC1(O)CCCSC1C. The lowest BCUT2D eigenvalue weighted by Gasteiger charge is -2.37. The van der Waals surface area contributed by atoms with Crippen molar-refractivity contribution in [2.45, 2.75) is 50.4 Å². The van der Waals surface area contributed by atoms with Gasteiger partial charge >= 0.3 is 5.97 Å². The van der Waals surface area contributed by atoms with E-state index in [4.69, 9.17) is 4.74 Å². The number of carbonyl (C=O) groups excluding carboxylic acids is 1. The minimum atomic E-state index is -0.671. The first-order chi connectivity index (χ1) is 7.08. The zero-order chi connectivity index (χ0) is 11.3. The van der Waals surface area contributed by atoms with Gasteiger partial charge in [-0.15, -0.1) is 0 Å². The van der Waals surface area contributed by atoms with Gasteiger partial charge in [-0.25, -0.2) is 0 Å². The van der Waals surface area contributed by atoms with Crippen molar-refractivity contribution < 1.29 is 14.6 Å². The molecule has 0 bridgehead atoms. The van der Waals surface area contributed by atoms with Gasteiger partial charge in [0, 0.05) is 11.7 Å². The fraction of sp³-hybridized carbons (Fsp3) is 0.909. The van der Waals surface area contributed by atoms with E-state index in [9.17, 15) is 9.90 Å². The van der Waals surface area contributed by atoms with Crippen LogP contribution in [0, 0.1) is 0 Å². The first kappa shape index (κ1) is 12.8. The molecular weight excluding hydrogens is 212 g/mol. The molecule has 0 radical (unpaired) electrons. The highest BCUT2D eigenvalue weighted by molar-refractivity contribution is 8.00. The fourth-order valence-electron chi connectivity index (χ4n) is 1.88. The molecule has 0 aromatic rings. The van der Waals surface area contributed by atoms with Crippen LogP contribution in [-0.4, -0.2) is 34.3 Å². The molecular formula is C11H20O3S. The van der Waals surface area contributed by atoms with Crippen molar-refractivity contribution >= 4 is 17.7 Å². The molecule has 1 rings (SSSR count). The molecule has 4 heteroatoms. The van der Waals surface area contributed by atoms with E-state index in [1.165, 1.54) is 0 Å². The summed E-state index contributed by atoms with van der Waals surface area (Å²) in [7, 11) is 0. The van der Waals surface area contributed by atoms with E-state index in [-0.39, 0.29) is 11.2 Å². The number of thioether (sulfide) groups is 1. The highest BCUT2D eigenvalue weighted by Crippen LogP contribution is 2.36. The standard InChI is InChI=1S/C11H20O3S/c1-3-14-10(12)5-7-11(13)6-4-8-15-9(11)2/h9,13H,3-8H2,1-2H3. The van der Waals surface area contributed by atoms with Gasteiger partial charge in [-0.3, -0.25) is 4.79 Å². The lowest BCUT2D eigenvalue weighted by molar-refractivity contribution is -0.144. The van der Waals surface area contributed by atoms with Gasteiger partial charge in [-0.1, -0.05) is 6.92 Å². The van der Waals surface area contributed by atoms with E-state index in [1.54, 1.807) is 18.7 Å². The lowest BCUT2D eigenvalue weighted by Crippen LogP contribution is -2.42. The van der Waals surface area contributed by atoms with E-state index in [0.717, 1.165) is 18.6 Å². The Morgan fingerprint density at radius 3 is 3.00 bits per heavy atom. The minimum Gasteiger partial charge on any atom is -0.466 e. The second-order valence-corrected chi connectivity index (χ2v) is 5.47. The van der Waals surface area contributed by atoms with E-state index >= 15 is 0 Å². The molecule has 0 saturated carbocycles. The highest BCUT2D eigenvalue weighted by Gasteiger charge is 2.36.